The average Bonchev–Trinajstić information content (AvgIpc) is 3.75. The minimum absolute atomic E-state index is 0.0213. The lowest BCUT2D eigenvalue weighted by Gasteiger charge is -2.28. The molecule has 54 heavy (non-hydrogen) atoms. The van der Waals surface area contributed by atoms with Gasteiger partial charge in [0.1, 0.15) is 54.5 Å². The van der Waals surface area contributed by atoms with E-state index < -0.39 is 102 Å². The summed E-state index contributed by atoms with van der Waals surface area (Å²) in [6.07, 6.45) is -4.76. The largest absolute Gasteiger partial charge is 0.481 e. The van der Waals surface area contributed by atoms with Crippen molar-refractivity contribution in [1.82, 2.24) is 24.4 Å². The molecule has 0 radical (unpaired) electrons. The summed E-state index contributed by atoms with van der Waals surface area (Å²) in [5.41, 5.74) is 21.4. The van der Waals surface area contributed by atoms with Crippen LogP contribution in [0, 0.1) is 0 Å². The zero-order valence-corrected chi connectivity index (χ0v) is 29.6. The Bertz CT molecular complexity index is 1850. The SMILES string of the molecule is NC(=O)C1=CN(C2O[C@H](COP(=O)(O)OP(=O)(O)OC[C@H]3O[C@@H](n4cnc5c(N)ncnc54)[C@H](O)[C@@H]3O)C(O)C2O)C=CC1.NC(=O)CCC(N)C(=O)O. The van der Waals surface area contributed by atoms with Crippen LogP contribution in [0.15, 0.2) is 36.7 Å². The summed E-state index contributed by atoms with van der Waals surface area (Å²) in [6.45, 7) is -1.79. The Hall–Kier alpha value is -3.98. The van der Waals surface area contributed by atoms with Crippen LogP contribution in [0.1, 0.15) is 25.5 Å². The van der Waals surface area contributed by atoms with Crippen LogP contribution in [-0.2, 0) is 46.3 Å². The number of carbonyl (C=O) groups excluding carboxylic acids is 2. The van der Waals surface area contributed by atoms with Crippen molar-refractivity contribution in [3.63, 3.8) is 0 Å². The Morgan fingerprint density at radius 3 is 2.06 bits per heavy atom. The summed E-state index contributed by atoms with van der Waals surface area (Å²) in [7, 11) is -10.7. The number of hydrogen-bond donors (Lipinski definition) is 11. The summed E-state index contributed by atoms with van der Waals surface area (Å²) >= 11 is 0. The van der Waals surface area contributed by atoms with Crippen molar-refractivity contribution in [3.05, 3.63) is 36.7 Å². The van der Waals surface area contributed by atoms with Gasteiger partial charge in [0, 0.05) is 24.4 Å². The molecule has 15 N–H and O–H groups in total. The molecule has 5 rings (SSSR count). The number of carbonyl (C=O) groups is 3. The molecule has 3 aliphatic rings. The van der Waals surface area contributed by atoms with E-state index in [0.29, 0.717) is 0 Å². The maximum Gasteiger partial charge on any atom is 0.481 e. The minimum Gasteiger partial charge on any atom is -0.480 e. The van der Waals surface area contributed by atoms with E-state index >= 15 is 0 Å². The fraction of sp³-hybridized carbons (Fsp3) is 0.538. The number of allylic oxidation sites excluding steroid dienone is 1. The van der Waals surface area contributed by atoms with E-state index in [9.17, 15) is 53.7 Å². The standard InChI is InChI=1S/C21H29N7O14P2.C5H10N2O3/c22-17-12-19(25-7-24-17)28(8-26-12)21-16(32)14(30)11(41-21)6-39-44(36,37)42-43(34,35)38-5-10-13(29)15(31)20(40-10)27-3-1-2-9(4-27)18(23)33;6-3(5(9)10)1-2-4(7)8/h1,3-4,7-8,10-11,13-16,20-21,29-32H,2,5-6H2,(H2,23,33)(H,34,35)(H,36,37)(H2,22,24,25);3H,1-2,6H2,(H2,7,8)(H,9,10)/t10-,11-,13?,14-,15?,16-,20?,21-;/m1./s1. The number of imidazole rings is 1. The summed E-state index contributed by atoms with van der Waals surface area (Å²) in [5, 5.41) is 49.9. The maximum absolute atomic E-state index is 12.4. The van der Waals surface area contributed by atoms with Gasteiger partial charge in [-0.05, 0) is 12.8 Å². The van der Waals surface area contributed by atoms with Crippen LogP contribution in [-0.4, -0.2) is 140 Å². The Morgan fingerprint density at radius 1 is 0.926 bits per heavy atom. The van der Waals surface area contributed by atoms with Gasteiger partial charge in [0.2, 0.25) is 11.8 Å². The zero-order chi connectivity index (χ0) is 40.1. The molecule has 0 aromatic carbocycles. The van der Waals surface area contributed by atoms with Gasteiger partial charge in [-0.3, -0.25) is 28.0 Å². The number of nitrogens with zero attached hydrogens (tertiary/aromatic N) is 5. The predicted molar refractivity (Wildman–Crippen MR) is 176 cm³/mol. The quantitative estimate of drug-likeness (QED) is 0.0763. The first-order chi connectivity index (χ1) is 25.2. The summed E-state index contributed by atoms with van der Waals surface area (Å²) < 4.78 is 50.8. The van der Waals surface area contributed by atoms with Gasteiger partial charge in [-0.15, -0.1) is 0 Å². The molecule has 0 aliphatic carbocycles. The molecule has 3 aliphatic heterocycles. The number of nitrogens with two attached hydrogens (primary N) is 4. The minimum atomic E-state index is -5.37. The smallest absolute Gasteiger partial charge is 0.480 e. The number of rotatable bonds is 15. The third-order valence-corrected chi connectivity index (χ3v) is 10.5. The summed E-state index contributed by atoms with van der Waals surface area (Å²) in [6, 6.07) is -0.979. The Labute approximate surface area is 303 Å². The average molecular weight is 812 g/mol. The van der Waals surface area contributed by atoms with E-state index in [1.165, 1.54) is 28.2 Å². The zero-order valence-electron chi connectivity index (χ0n) is 27.8. The van der Waals surface area contributed by atoms with Crippen LogP contribution in [0.5, 0.6) is 0 Å². The van der Waals surface area contributed by atoms with Gasteiger partial charge in [-0.2, -0.15) is 4.31 Å². The van der Waals surface area contributed by atoms with E-state index in [-0.39, 0.29) is 41.8 Å². The van der Waals surface area contributed by atoms with Gasteiger partial charge >= 0.3 is 21.6 Å². The number of primary amides is 2. The van der Waals surface area contributed by atoms with E-state index in [4.69, 9.17) is 46.6 Å². The van der Waals surface area contributed by atoms with E-state index in [1.54, 1.807) is 6.08 Å². The number of phosphoric acid groups is 2. The molecule has 2 saturated heterocycles. The number of hydrogen-bond acceptors (Lipinski definition) is 20. The van der Waals surface area contributed by atoms with Crippen LogP contribution in [0.4, 0.5) is 5.82 Å². The highest BCUT2D eigenvalue weighted by Crippen LogP contribution is 2.60. The van der Waals surface area contributed by atoms with Gasteiger partial charge < -0.3 is 72.6 Å². The first-order valence-corrected chi connectivity index (χ1v) is 18.5. The summed E-state index contributed by atoms with van der Waals surface area (Å²) in [4.78, 5) is 64.8. The lowest BCUT2D eigenvalue weighted by Crippen LogP contribution is -2.40. The molecule has 0 spiro atoms. The third-order valence-electron chi connectivity index (χ3n) is 7.90. The van der Waals surface area contributed by atoms with Crippen molar-refractivity contribution in [1.29, 1.82) is 0 Å². The number of ether oxygens (including phenoxy) is 2. The molecule has 2 fully saturated rings. The van der Waals surface area contributed by atoms with Crippen molar-refractivity contribution in [2.75, 3.05) is 18.9 Å². The van der Waals surface area contributed by atoms with Gasteiger partial charge in [-0.1, -0.05) is 6.08 Å². The highest BCUT2D eigenvalue weighted by molar-refractivity contribution is 7.61. The third kappa shape index (κ3) is 10.6. The second kappa shape index (κ2) is 17.7. The van der Waals surface area contributed by atoms with Gasteiger partial charge in [-0.25, -0.2) is 24.1 Å². The lowest BCUT2D eigenvalue weighted by molar-refractivity contribution is -0.138. The molecule has 2 aromatic heterocycles. The molecule has 2 aromatic rings. The normalized spacial score (nSPS) is 29.5. The molecule has 5 heterocycles. The first-order valence-electron chi connectivity index (χ1n) is 15.5. The second-order valence-corrected chi connectivity index (χ2v) is 14.8. The fourth-order valence-corrected chi connectivity index (χ4v) is 7.19. The van der Waals surface area contributed by atoms with Gasteiger partial charge in [0.05, 0.1) is 19.5 Å². The monoisotopic (exact) mass is 811 g/mol. The molecule has 28 heteroatoms. The molecule has 26 nitrogen and oxygen atoms in total. The van der Waals surface area contributed by atoms with Crippen LogP contribution in [0.3, 0.4) is 0 Å². The Morgan fingerprint density at radius 2 is 1.50 bits per heavy atom. The predicted octanol–water partition coefficient (Wildman–Crippen LogP) is -4.02. The fourth-order valence-electron chi connectivity index (χ4n) is 5.10. The number of nitrogen functional groups attached to an aromatic ring is 1. The van der Waals surface area contributed by atoms with Gasteiger partial charge in [0.25, 0.3) is 0 Å². The highest BCUT2D eigenvalue weighted by Gasteiger charge is 2.48. The number of fused-ring (bicyclic) bond motifs is 1. The summed E-state index contributed by atoms with van der Waals surface area (Å²) in [5.74, 6) is -2.30. The van der Waals surface area contributed by atoms with Crippen molar-refractivity contribution in [2.45, 2.75) is 74.4 Å². The Balaban J connectivity index is 0.000000571. The number of aliphatic hydroxyl groups is 4. The van der Waals surface area contributed by atoms with Crippen LogP contribution >= 0.6 is 15.6 Å². The molecule has 0 bridgehead atoms. The van der Waals surface area contributed by atoms with Crippen LogP contribution < -0.4 is 22.9 Å². The maximum atomic E-state index is 12.4. The van der Waals surface area contributed by atoms with Crippen molar-refractivity contribution in [3.8, 4) is 0 Å². The molecule has 11 atom stereocenters. The highest BCUT2D eigenvalue weighted by atomic mass is 31.3. The number of anilines is 1. The Kier molecular flexibility index (Phi) is 14.0. The van der Waals surface area contributed by atoms with E-state index in [0.717, 1.165) is 6.33 Å². The molecule has 300 valence electrons. The van der Waals surface area contributed by atoms with Gasteiger partial charge in [0.15, 0.2) is 23.9 Å². The molecule has 0 saturated carbocycles. The van der Waals surface area contributed by atoms with Crippen molar-refractivity contribution in [2.24, 2.45) is 17.2 Å². The second-order valence-electron chi connectivity index (χ2n) is 11.8. The lowest BCUT2D eigenvalue weighted by atomic mass is 10.1. The van der Waals surface area contributed by atoms with E-state index in [2.05, 4.69) is 19.3 Å². The number of amides is 2. The molecule has 6 unspecified atom stereocenters. The topological polar surface area (TPSA) is 424 Å². The first kappa shape index (κ1) is 42.8. The molecule has 2 amide bonds. The van der Waals surface area contributed by atoms with Crippen molar-refractivity contribution < 1.29 is 81.7 Å². The van der Waals surface area contributed by atoms with Crippen LogP contribution in [0.25, 0.3) is 11.2 Å². The number of aromatic nitrogens is 4. The van der Waals surface area contributed by atoms with Crippen LogP contribution in [0.2, 0.25) is 0 Å². The number of aliphatic hydroxyl groups excluding tert-OH is 4. The van der Waals surface area contributed by atoms with Crippen molar-refractivity contribution >= 4 is 50.4 Å². The molecular weight excluding hydrogens is 772 g/mol. The number of phosphoric ester groups is 2. The van der Waals surface area contributed by atoms with E-state index in [1.807, 2.05) is 0 Å². The number of carboxylic acids is 1. The molecular formula is C26H39N9O17P2. The number of aliphatic carboxylic acids is 1. The number of carboxylic acid groups (broad SMARTS) is 1.